The number of unbranched alkanes of at least 4 members (excludes halogenated alkanes) is 2. The molecular weight excluding hydrogens is 520 g/mol. The van der Waals surface area contributed by atoms with Crippen molar-refractivity contribution >= 4 is 0 Å². The van der Waals surface area contributed by atoms with Crippen molar-refractivity contribution in [3.63, 3.8) is 0 Å². The van der Waals surface area contributed by atoms with Gasteiger partial charge in [0.05, 0.1) is 5.60 Å². The number of hydrogen-bond acceptors (Lipinski definition) is 2. The van der Waals surface area contributed by atoms with E-state index in [0.29, 0.717) is 6.61 Å². The number of hydrogen-bond donors (Lipinski definition) is 2. The molecule has 0 aromatic carbocycles. The summed E-state index contributed by atoms with van der Waals surface area (Å²) in [4.78, 5) is 0. The Morgan fingerprint density at radius 2 is 0.944 bits per heavy atom. The third-order valence-electron chi connectivity index (χ3n) is 9.46. The summed E-state index contributed by atoms with van der Waals surface area (Å²) in [5.74, 6) is 8.80. The second-order valence-corrected chi connectivity index (χ2v) is 12.3. The number of rotatable bonds is 4. The van der Waals surface area contributed by atoms with E-state index >= 15 is 0 Å². The van der Waals surface area contributed by atoms with Crippen molar-refractivity contribution in [1.82, 2.24) is 0 Å². The summed E-state index contributed by atoms with van der Waals surface area (Å²) in [5.41, 5.74) is -0.458. The van der Waals surface area contributed by atoms with E-state index in [1.54, 1.807) is 13.8 Å². The normalized spacial score (nSPS) is 32.2. The average Bonchev–Trinajstić information content (AvgIpc) is 3.38. The van der Waals surface area contributed by atoms with Crippen molar-refractivity contribution in [2.75, 3.05) is 6.61 Å². The summed E-state index contributed by atoms with van der Waals surface area (Å²) in [6.45, 7) is 25.3. The molecule has 1 radical (unpaired) electrons. The van der Waals surface area contributed by atoms with Crippen LogP contribution in [-0.2, 0) is 26.2 Å². The standard InChI is InChI=1S/C14H26.C6H12.2C5H12O.3CH3.Zr/c1-7-9(3)13-11(5)8(2)12(6)14(13)10(7)4;1-6-4-2-3-5-6;1-4-5(2,3)6;1-2-3-4-5-6;;;;/h7-14H,1-6H3;6H,2-5H2,1H3;6H,4H2,1-3H3;6H,2-5H2,1H3;3*1H3;/q;;;;3*-1;+3. The van der Waals surface area contributed by atoms with Crippen molar-refractivity contribution in [2.45, 2.75) is 133 Å². The van der Waals surface area contributed by atoms with E-state index in [2.05, 4.69) is 55.4 Å². The molecular formula is C33H71O2Zr. The maximum atomic E-state index is 8.83. The molecule has 2 nitrogen and oxygen atoms in total. The minimum absolute atomic E-state index is 0. The Morgan fingerprint density at radius 3 is 1.08 bits per heavy atom. The monoisotopic (exact) mass is 589 g/mol. The van der Waals surface area contributed by atoms with E-state index in [1.165, 1.54) is 32.1 Å². The third-order valence-corrected chi connectivity index (χ3v) is 9.46. The summed E-state index contributed by atoms with van der Waals surface area (Å²) in [6, 6.07) is 0. The molecule has 3 rings (SSSR count). The SMILES string of the molecule is CC1C(C)C2C(C)C(C)C(C)C2C1C.CC1CCCC1.CCC(C)(C)O.CCCCCO.[CH3-].[CH3-].[CH3-].[Zr+3]. The fourth-order valence-electron chi connectivity index (χ4n) is 6.21. The van der Waals surface area contributed by atoms with Crippen LogP contribution >= 0.6 is 0 Å². The first-order chi connectivity index (χ1) is 14.8. The van der Waals surface area contributed by atoms with Gasteiger partial charge in [0.2, 0.25) is 0 Å². The summed E-state index contributed by atoms with van der Waals surface area (Å²) in [7, 11) is 0. The minimum Gasteiger partial charge on any atom is -0.396 e. The molecule has 0 spiro atoms. The van der Waals surface area contributed by atoms with Gasteiger partial charge in [-0.2, -0.15) is 0 Å². The molecule has 0 aromatic rings. The van der Waals surface area contributed by atoms with Gasteiger partial charge >= 0.3 is 26.2 Å². The first-order valence-corrected chi connectivity index (χ1v) is 14.2. The van der Waals surface area contributed by atoms with Gasteiger partial charge in [0, 0.05) is 6.61 Å². The molecule has 0 saturated heterocycles. The Bertz CT molecular complexity index is 407. The second-order valence-electron chi connectivity index (χ2n) is 12.3. The van der Waals surface area contributed by atoms with E-state index < -0.39 is 5.60 Å². The summed E-state index contributed by atoms with van der Waals surface area (Å²) >= 11 is 0. The summed E-state index contributed by atoms with van der Waals surface area (Å²) in [6.07, 6.45) is 10.1. The van der Waals surface area contributed by atoms with E-state index in [0.717, 1.165) is 72.5 Å². The summed E-state index contributed by atoms with van der Waals surface area (Å²) in [5, 5.41) is 17.0. The second kappa shape index (κ2) is 23.7. The molecule has 3 saturated carbocycles. The van der Waals surface area contributed by atoms with Crippen molar-refractivity contribution in [2.24, 2.45) is 53.3 Å². The molecule has 3 aliphatic rings. The third kappa shape index (κ3) is 16.0. The van der Waals surface area contributed by atoms with E-state index in [-0.39, 0.29) is 48.5 Å². The molecule has 0 bridgehead atoms. The fraction of sp³-hybridized carbons (Fsp3) is 0.909. The van der Waals surface area contributed by atoms with Crippen LogP contribution in [0.2, 0.25) is 0 Å². The quantitative estimate of drug-likeness (QED) is 0.253. The zero-order valence-electron chi connectivity index (χ0n) is 27.5. The Kier molecular flexibility index (Phi) is 30.7. The minimum atomic E-state index is -0.458. The number of aliphatic hydroxyl groups excluding tert-OH is 1. The van der Waals surface area contributed by atoms with E-state index in [1.807, 2.05) is 6.92 Å². The smallest absolute Gasteiger partial charge is 0.396 e. The van der Waals surface area contributed by atoms with Gasteiger partial charge in [0.15, 0.2) is 0 Å². The van der Waals surface area contributed by atoms with Gasteiger partial charge in [-0.15, -0.1) is 0 Å². The number of aliphatic hydroxyl groups is 2. The van der Waals surface area contributed by atoms with Crippen LogP contribution < -0.4 is 0 Å². The van der Waals surface area contributed by atoms with Crippen LogP contribution in [-0.4, -0.2) is 22.4 Å². The van der Waals surface area contributed by atoms with Gasteiger partial charge in [-0.3, -0.25) is 0 Å². The van der Waals surface area contributed by atoms with Crippen molar-refractivity contribution in [1.29, 1.82) is 0 Å². The van der Waals surface area contributed by atoms with Gasteiger partial charge in [0.1, 0.15) is 0 Å². The van der Waals surface area contributed by atoms with Crippen LogP contribution in [0.25, 0.3) is 0 Å². The molecule has 2 N–H and O–H groups in total. The molecule has 3 aliphatic carbocycles. The van der Waals surface area contributed by atoms with Crippen LogP contribution in [0.4, 0.5) is 0 Å². The maximum Gasteiger partial charge on any atom is 3.00 e. The van der Waals surface area contributed by atoms with E-state index in [9.17, 15) is 0 Å². The molecule has 4 unspecified atom stereocenters. The Hall–Kier alpha value is 0.803. The fourth-order valence-corrected chi connectivity index (χ4v) is 6.21. The van der Waals surface area contributed by atoms with Crippen LogP contribution in [0.1, 0.15) is 128 Å². The zero-order chi connectivity index (χ0) is 25.1. The van der Waals surface area contributed by atoms with Gasteiger partial charge in [-0.1, -0.05) is 101 Å². The molecule has 0 amide bonds. The Labute approximate surface area is 250 Å². The van der Waals surface area contributed by atoms with Crippen LogP contribution in [0.15, 0.2) is 0 Å². The predicted molar refractivity (Wildman–Crippen MR) is 162 cm³/mol. The Morgan fingerprint density at radius 1 is 0.639 bits per heavy atom. The molecule has 219 valence electrons. The average molecular weight is 591 g/mol. The Balaban J connectivity index is -0.000000126. The molecule has 0 aliphatic heterocycles. The first-order valence-electron chi connectivity index (χ1n) is 14.2. The maximum absolute atomic E-state index is 8.83. The zero-order valence-corrected chi connectivity index (χ0v) is 29.9. The van der Waals surface area contributed by atoms with Gasteiger partial charge in [-0.25, -0.2) is 0 Å². The topological polar surface area (TPSA) is 40.5 Å². The van der Waals surface area contributed by atoms with E-state index in [4.69, 9.17) is 10.2 Å². The number of fused-ring (bicyclic) bond motifs is 1. The molecule has 4 atom stereocenters. The van der Waals surface area contributed by atoms with Gasteiger partial charge in [-0.05, 0) is 80.0 Å². The molecule has 3 fully saturated rings. The largest absolute Gasteiger partial charge is 3.00 e. The van der Waals surface area contributed by atoms with Crippen molar-refractivity contribution in [3.8, 4) is 0 Å². The van der Waals surface area contributed by atoms with Crippen LogP contribution in [0.5, 0.6) is 0 Å². The summed E-state index contributed by atoms with van der Waals surface area (Å²) < 4.78 is 0. The van der Waals surface area contributed by atoms with Gasteiger partial charge in [0.25, 0.3) is 0 Å². The van der Waals surface area contributed by atoms with Crippen molar-refractivity contribution < 1.29 is 36.4 Å². The van der Waals surface area contributed by atoms with Gasteiger partial charge < -0.3 is 32.5 Å². The predicted octanol–water partition coefficient (Wildman–Crippen LogP) is 9.94. The van der Waals surface area contributed by atoms with Crippen molar-refractivity contribution in [3.05, 3.63) is 22.3 Å². The van der Waals surface area contributed by atoms with Crippen LogP contribution in [0.3, 0.4) is 0 Å². The van der Waals surface area contributed by atoms with Crippen LogP contribution in [0, 0.1) is 75.5 Å². The molecule has 0 heterocycles. The molecule has 0 aromatic heterocycles. The molecule has 36 heavy (non-hydrogen) atoms. The molecule has 3 heteroatoms. The first kappa shape index (κ1) is 46.6.